The number of carbonyl (C=O) groups is 1. The van der Waals surface area contributed by atoms with E-state index in [1.54, 1.807) is 37.3 Å². The highest BCUT2D eigenvalue weighted by Crippen LogP contribution is 2.28. The number of rotatable bonds is 6. The zero-order chi connectivity index (χ0) is 16.8. The second-order valence-electron chi connectivity index (χ2n) is 5.00. The third-order valence-corrected chi connectivity index (χ3v) is 3.98. The third-order valence-electron chi connectivity index (χ3n) is 3.19. The van der Waals surface area contributed by atoms with Gasteiger partial charge in [0.2, 0.25) is 0 Å². The molecule has 0 saturated heterocycles. The Morgan fingerprint density at radius 1 is 1.30 bits per heavy atom. The monoisotopic (exact) mass is 399 g/mol. The van der Waals surface area contributed by atoms with Gasteiger partial charge in [0, 0.05) is 11.0 Å². The minimum Gasteiger partial charge on any atom is -0.479 e. The van der Waals surface area contributed by atoms with Crippen LogP contribution in [0, 0.1) is 5.82 Å². The van der Waals surface area contributed by atoms with Crippen LogP contribution in [0.5, 0.6) is 5.75 Å². The van der Waals surface area contributed by atoms with Crippen molar-refractivity contribution in [3.8, 4) is 5.75 Å². The molecule has 0 aromatic heterocycles. The standard InChI is InChI=1S/C17H16BrClFNO2/c1-11(23-16-7-4-13(18)10-15(16)19)17(22)21-9-8-12-2-5-14(20)6-3-12/h2-7,10-11H,8-9H2,1H3,(H,21,22)/t11-/m0/s1. The number of amides is 1. The van der Waals surface area contributed by atoms with Gasteiger partial charge in [-0.25, -0.2) is 4.39 Å². The van der Waals surface area contributed by atoms with Gasteiger partial charge >= 0.3 is 0 Å². The maximum Gasteiger partial charge on any atom is 0.260 e. The van der Waals surface area contributed by atoms with E-state index in [-0.39, 0.29) is 11.7 Å². The lowest BCUT2D eigenvalue weighted by Gasteiger charge is -2.15. The first-order valence-corrected chi connectivity index (χ1v) is 8.26. The molecule has 0 aliphatic heterocycles. The quantitative estimate of drug-likeness (QED) is 0.782. The van der Waals surface area contributed by atoms with Gasteiger partial charge in [-0.05, 0) is 49.2 Å². The Bertz CT molecular complexity index is 679. The molecule has 0 fully saturated rings. The Hall–Kier alpha value is -1.59. The van der Waals surface area contributed by atoms with E-state index in [4.69, 9.17) is 16.3 Å². The van der Waals surface area contributed by atoms with Crippen LogP contribution < -0.4 is 10.1 Å². The van der Waals surface area contributed by atoms with Crippen LogP contribution in [-0.2, 0) is 11.2 Å². The summed E-state index contributed by atoms with van der Waals surface area (Å²) < 4.78 is 19.2. The number of hydrogen-bond donors (Lipinski definition) is 1. The van der Waals surface area contributed by atoms with Crippen molar-refractivity contribution < 1.29 is 13.9 Å². The molecular weight excluding hydrogens is 385 g/mol. The molecule has 23 heavy (non-hydrogen) atoms. The number of benzene rings is 2. The second kappa shape index (κ2) is 8.31. The summed E-state index contributed by atoms with van der Waals surface area (Å²) in [6, 6.07) is 11.4. The van der Waals surface area contributed by atoms with E-state index < -0.39 is 6.10 Å². The van der Waals surface area contributed by atoms with E-state index in [9.17, 15) is 9.18 Å². The van der Waals surface area contributed by atoms with E-state index >= 15 is 0 Å². The highest BCUT2D eigenvalue weighted by molar-refractivity contribution is 9.10. The van der Waals surface area contributed by atoms with Gasteiger partial charge in [0.25, 0.3) is 5.91 Å². The average molecular weight is 401 g/mol. The normalized spacial score (nSPS) is 11.8. The summed E-state index contributed by atoms with van der Waals surface area (Å²) >= 11 is 9.37. The molecule has 0 unspecified atom stereocenters. The van der Waals surface area contributed by atoms with E-state index in [2.05, 4.69) is 21.2 Å². The van der Waals surface area contributed by atoms with Crippen molar-refractivity contribution in [2.45, 2.75) is 19.4 Å². The van der Waals surface area contributed by atoms with Crippen LogP contribution in [0.1, 0.15) is 12.5 Å². The van der Waals surface area contributed by atoms with E-state index in [1.165, 1.54) is 12.1 Å². The first-order valence-electron chi connectivity index (χ1n) is 7.09. The summed E-state index contributed by atoms with van der Waals surface area (Å²) in [6.07, 6.45) is -0.0421. The van der Waals surface area contributed by atoms with E-state index in [0.29, 0.717) is 23.7 Å². The van der Waals surface area contributed by atoms with Gasteiger partial charge in [0.1, 0.15) is 11.6 Å². The molecule has 1 atom stereocenters. The van der Waals surface area contributed by atoms with E-state index in [0.717, 1.165) is 10.0 Å². The predicted octanol–water partition coefficient (Wildman–Crippen LogP) is 4.37. The second-order valence-corrected chi connectivity index (χ2v) is 6.33. The van der Waals surface area contributed by atoms with Crippen LogP contribution in [0.2, 0.25) is 5.02 Å². The summed E-state index contributed by atoms with van der Waals surface area (Å²) in [6.45, 7) is 2.11. The van der Waals surface area contributed by atoms with Crippen molar-refractivity contribution >= 4 is 33.4 Å². The molecule has 0 aliphatic carbocycles. The number of nitrogens with one attached hydrogen (secondary N) is 1. The molecule has 0 saturated carbocycles. The molecular formula is C17H16BrClFNO2. The summed E-state index contributed by atoms with van der Waals surface area (Å²) in [5, 5.41) is 3.22. The topological polar surface area (TPSA) is 38.3 Å². The summed E-state index contributed by atoms with van der Waals surface area (Å²) in [5.74, 6) is -0.0478. The Morgan fingerprint density at radius 3 is 2.65 bits per heavy atom. The summed E-state index contributed by atoms with van der Waals surface area (Å²) in [4.78, 5) is 12.0. The van der Waals surface area contributed by atoms with Crippen molar-refractivity contribution in [3.63, 3.8) is 0 Å². The third kappa shape index (κ3) is 5.52. The maximum absolute atomic E-state index is 12.8. The lowest BCUT2D eigenvalue weighted by atomic mass is 10.1. The first kappa shape index (κ1) is 17.8. The Labute approximate surface area is 147 Å². The van der Waals surface area contributed by atoms with Crippen molar-refractivity contribution in [2.75, 3.05) is 6.54 Å². The fraction of sp³-hybridized carbons (Fsp3) is 0.235. The molecule has 0 radical (unpaired) electrons. The van der Waals surface area contributed by atoms with Crippen LogP contribution in [0.3, 0.4) is 0 Å². The molecule has 1 N–H and O–H groups in total. The van der Waals surface area contributed by atoms with Crippen molar-refractivity contribution in [3.05, 3.63) is 63.3 Å². The van der Waals surface area contributed by atoms with E-state index in [1.807, 2.05) is 0 Å². The molecule has 2 rings (SSSR count). The molecule has 3 nitrogen and oxygen atoms in total. The average Bonchev–Trinajstić information content (AvgIpc) is 2.51. The molecule has 0 aliphatic rings. The van der Waals surface area contributed by atoms with Gasteiger partial charge in [-0.2, -0.15) is 0 Å². The number of halogens is 3. The number of ether oxygens (including phenoxy) is 1. The fourth-order valence-electron chi connectivity index (χ4n) is 1.94. The summed E-state index contributed by atoms with van der Waals surface area (Å²) in [5.41, 5.74) is 0.955. The highest BCUT2D eigenvalue weighted by Gasteiger charge is 2.15. The minimum absolute atomic E-state index is 0.230. The van der Waals surface area contributed by atoms with Gasteiger partial charge in [-0.3, -0.25) is 4.79 Å². The van der Waals surface area contributed by atoms with Crippen LogP contribution in [0.15, 0.2) is 46.9 Å². The maximum atomic E-state index is 12.8. The summed E-state index contributed by atoms with van der Waals surface area (Å²) in [7, 11) is 0. The lowest BCUT2D eigenvalue weighted by molar-refractivity contribution is -0.127. The Balaban J connectivity index is 1.81. The SMILES string of the molecule is C[C@H](Oc1ccc(Br)cc1Cl)C(=O)NCCc1ccc(F)cc1. The van der Waals surface area contributed by atoms with Crippen LogP contribution >= 0.6 is 27.5 Å². The molecule has 1 amide bonds. The molecule has 2 aromatic carbocycles. The largest absolute Gasteiger partial charge is 0.479 e. The van der Waals surface area contributed by atoms with Crippen LogP contribution in [0.25, 0.3) is 0 Å². The molecule has 0 bridgehead atoms. The smallest absolute Gasteiger partial charge is 0.260 e. The molecule has 2 aromatic rings. The van der Waals surface area contributed by atoms with Gasteiger partial charge in [-0.1, -0.05) is 39.7 Å². The van der Waals surface area contributed by atoms with Crippen molar-refractivity contribution in [1.82, 2.24) is 5.32 Å². The number of hydrogen-bond acceptors (Lipinski definition) is 2. The van der Waals surface area contributed by atoms with Crippen LogP contribution in [0.4, 0.5) is 4.39 Å². The minimum atomic E-state index is -0.665. The highest BCUT2D eigenvalue weighted by atomic mass is 79.9. The van der Waals surface area contributed by atoms with Crippen molar-refractivity contribution in [1.29, 1.82) is 0 Å². The van der Waals surface area contributed by atoms with Gasteiger partial charge in [0.15, 0.2) is 6.10 Å². The Kier molecular flexibility index (Phi) is 6.42. The molecule has 0 spiro atoms. The zero-order valence-electron chi connectivity index (χ0n) is 12.5. The fourth-order valence-corrected chi connectivity index (χ4v) is 2.66. The van der Waals surface area contributed by atoms with Crippen molar-refractivity contribution in [2.24, 2.45) is 0 Å². The first-order chi connectivity index (χ1) is 11.0. The molecule has 122 valence electrons. The number of carbonyl (C=O) groups excluding carboxylic acids is 1. The van der Waals surface area contributed by atoms with Crippen LogP contribution in [-0.4, -0.2) is 18.6 Å². The molecule has 0 heterocycles. The molecule has 6 heteroatoms. The lowest BCUT2D eigenvalue weighted by Crippen LogP contribution is -2.37. The van der Waals surface area contributed by atoms with Gasteiger partial charge in [-0.15, -0.1) is 0 Å². The Morgan fingerprint density at radius 2 is 2.00 bits per heavy atom. The zero-order valence-corrected chi connectivity index (χ0v) is 14.8. The van der Waals surface area contributed by atoms with Gasteiger partial charge < -0.3 is 10.1 Å². The van der Waals surface area contributed by atoms with Gasteiger partial charge in [0.05, 0.1) is 5.02 Å². The predicted molar refractivity (Wildman–Crippen MR) is 92.4 cm³/mol.